The molecule has 0 fully saturated rings. The molecule has 0 saturated heterocycles. The number of anilines is 1. The van der Waals surface area contributed by atoms with E-state index in [0.29, 0.717) is 12.6 Å². The standard InChI is InChI=1S/C12H14BrN3O/c1-2-16-10(7-15-12(16)14)8-17-11-5-3-9(13)4-6-11/h3-7H,2,8H2,1H3,(H2,14,15). The zero-order valence-corrected chi connectivity index (χ0v) is 11.1. The van der Waals surface area contributed by atoms with Crippen LogP contribution in [-0.4, -0.2) is 9.55 Å². The van der Waals surface area contributed by atoms with Gasteiger partial charge in [-0.1, -0.05) is 15.9 Å². The highest BCUT2D eigenvalue weighted by atomic mass is 79.9. The van der Waals surface area contributed by atoms with Gasteiger partial charge in [0, 0.05) is 11.0 Å². The molecule has 0 bridgehead atoms. The third-order valence-electron chi connectivity index (χ3n) is 2.49. The Balaban J connectivity index is 2.04. The predicted octanol–water partition coefficient (Wildman–Crippen LogP) is 2.83. The average Bonchev–Trinajstić information content (AvgIpc) is 2.69. The number of ether oxygens (including phenoxy) is 1. The van der Waals surface area contributed by atoms with Crippen molar-refractivity contribution >= 4 is 21.9 Å². The monoisotopic (exact) mass is 295 g/mol. The van der Waals surface area contributed by atoms with Crippen LogP contribution in [0.4, 0.5) is 5.95 Å². The van der Waals surface area contributed by atoms with E-state index in [9.17, 15) is 0 Å². The quantitative estimate of drug-likeness (QED) is 0.944. The number of rotatable bonds is 4. The maximum Gasteiger partial charge on any atom is 0.200 e. The van der Waals surface area contributed by atoms with Crippen molar-refractivity contribution in [3.8, 4) is 5.75 Å². The lowest BCUT2D eigenvalue weighted by Crippen LogP contribution is -2.07. The SMILES string of the molecule is CCn1c(COc2ccc(Br)cc2)cnc1N. The van der Waals surface area contributed by atoms with Crippen molar-refractivity contribution in [2.45, 2.75) is 20.1 Å². The Bertz CT molecular complexity index is 493. The lowest BCUT2D eigenvalue weighted by molar-refractivity contribution is 0.295. The number of nitrogen functional groups attached to an aromatic ring is 1. The molecule has 4 nitrogen and oxygen atoms in total. The zero-order chi connectivity index (χ0) is 12.3. The van der Waals surface area contributed by atoms with Crippen LogP contribution < -0.4 is 10.5 Å². The summed E-state index contributed by atoms with van der Waals surface area (Å²) in [6.07, 6.45) is 1.75. The minimum absolute atomic E-state index is 0.472. The summed E-state index contributed by atoms with van der Waals surface area (Å²) in [4.78, 5) is 4.07. The first kappa shape index (κ1) is 12.0. The van der Waals surface area contributed by atoms with Gasteiger partial charge in [-0.2, -0.15) is 0 Å². The molecular weight excluding hydrogens is 282 g/mol. The smallest absolute Gasteiger partial charge is 0.200 e. The van der Waals surface area contributed by atoms with Crippen LogP contribution >= 0.6 is 15.9 Å². The normalized spacial score (nSPS) is 10.5. The number of nitrogens with zero attached hydrogens (tertiary/aromatic N) is 2. The maximum absolute atomic E-state index is 5.73. The second kappa shape index (κ2) is 5.23. The molecule has 0 spiro atoms. The Morgan fingerprint density at radius 1 is 1.35 bits per heavy atom. The van der Waals surface area contributed by atoms with Crippen LogP contribution in [0.5, 0.6) is 5.75 Å². The molecule has 5 heteroatoms. The van der Waals surface area contributed by atoms with Gasteiger partial charge in [0.25, 0.3) is 0 Å². The Morgan fingerprint density at radius 3 is 2.71 bits per heavy atom. The van der Waals surface area contributed by atoms with Gasteiger partial charge in [0.05, 0.1) is 11.9 Å². The predicted molar refractivity (Wildman–Crippen MR) is 70.8 cm³/mol. The van der Waals surface area contributed by atoms with Crippen LogP contribution in [0, 0.1) is 0 Å². The van der Waals surface area contributed by atoms with Gasteiger partial charge < -0.3 is 15.0 Å². The van der Waals surface area contributed by atoms with E-state index in [4.69, 9.17) is 10.5 Å². The first-order chi connectivity index (χ1) is 8.20. The van der Waals surface area contributed by atoms with Gasteiger partial charge in [-0.05, 0) is 31.2 Å². The molecular formula is C12H14BrN3O. The molecule has 1 aromatic heterocycles. The van der Waals surface area contributed by atoms with E-state index in [2.05, 4.69) is 20.9 Å². The summed E-state index contributed by atoms with van der Waals surface area (Å²) < 4.78 is 8.63. The first-order valence-electron chi connectivity index (χ1n) is 5.39. The molecule has 0 aliphatic carbocycles. The van der Waals surface area contributed by atoms with E-state index < -0.39 is 0 Å². The van der Waals surface area contributed by atoms with E-state index in [1.54, 1.807) is 6.20 Å². The van der Waals surface area contributed by atoms with Crippen molar-refractivity contribution in [1.29, 1.82) is 0 Å². The van der Waals surface area contributed by atoms with Gasteiger partial charge >= 0.3 is 0 Å². The topological polar surface area (TPSA) is 53.1 Å². The zero-order valence-electron chi connectivity index (χ0n) is 9.56. The molecule has 0 atom stereocenters. The summed E-state index contributed by atoms with van der Waals surface area (Å²) in [5, 5.41) is 0. The summed E-state index contributed by atoms with van der Waals surface area (Å²) in [5.41, 5.74) is 6.71. The van der Waals surface area contributed by atoms with E-state index >= 15 is 0 Å². The minimum atomic E-state index is 0.472. The van der Waals surface area contributed by atoms with Gasteiger partial charge in [-0.25, -0.2) is 4.98 Å². The third-order valence-corrected chi connectivity index (χ3v) is 3.01. The van der Waals surface area contributed by atoms with Crippen LogP contribution in [0.2, 0.25) is 0 Å². The molecule has 0 unspecified atom stereocenters. The summed E-state index contributed by atoms with van der Waals surface area (Å²) in [6.45, 7) is 3.30. The fourth-order valence-electron chi connectivity index (χ4n) is 1.60. The third kappa shape index (κ3) is 2.79. The molecule has 90 valence electrons. The molecule has 0 amide bonds. The molecule has 2 aromatic rings. The van der Waals surface area contributed by atoms with Gasteiger partial charge in [-0.15, -0.1) is 0 Å². The van der Waals surface area contributed by atoms with Gasteiger partial charge in [0.2, 0.25) is 0 Å². The minimum Gasteiger partial charge on any atom is -0.487 e. The summed E-state index contributed by atoms with van der Waals surface area (Å²) in [5.74, 6) is 1.36. The van der Waals surface area contributed by atoms with Crippen molar-refractivity contribution in [3.05, 3.63) is 40.6 Å². The maximum atomic E-state index is 5.73. The number of benzene rings is 1. The summed E-state index contributed by atoms with van der Waals surface area (Å²) in [7, 11) is 0. The molecule has 2 rings (SSSR count). The number of halogens is 1. The Hall–Kier alpha value is -1.49. The van der Waals surface area contributed by atoms with Crippen LogP contribution in [0.15, 0.2) is 34.9 Å². The van der Waals surface area contributed by atoms with Crippen LogP contribution in [0.1, 0.15) is 12.6 Å². The second-order valence-corrected chi connectivity index (χ2v) is 4.51. The fourth-order valence-corrected chi connectivity index (χ4v) is 1.86. The van der Waals surface area contributed by atoms with Crippen LogP contribution in [-0.2, 0) is 13.2 Å². The van der Waals surface area contributed by atoms with Gasteiger partial charge in [-0.3, -0.25) is 0 Å². The van der Waals surface area contributed by atoms with Gasteiger partial charge in [0.15, 0.2) is 5.95 Å². The van der Waals surface area contributed by atoms with E-state index in [1.807, 2.05) is 35.8 Å². The molecule has 1 aromatic carbocycles. The lowest BCUT2D eigenvalue weighted by atomic mass is 10.3. The Kier molecular flexibility index (Phi) is 3.68. The second-order valence-electron chi connectivity index (χ2n) is 3.59. The molecule has 0 aliphatic heterocycles. The van der Waals surface area contributed by atoms with Crippen molar-refractivity contribution in [2.75, 3.05) is 5.73 Å². The molecule has 2 N–H and O–H groups in total. The van der Waals surface area contributed by atoms with Crippen LogP contribution in [0.25, 0.3) is 0 Å². The molecule has 1 heterocycles. The number of imidazole rings is 1. The Morgan fingerprint density at radius 2 is 2.06 bits per heavy atom. The summed E-state index contributed by atoms with van der Waals surface area (Å²) in [6, 6.07) is 7.72. The van der Waals surface area contributed by atoms with Crippen molar-refractivity contribution in [1.82, 2.24) is 9.55 Å². The van der Waals surface area contributed by atoms with Crippen molar-refractivity contribution in [3.63, 3.8) is 0 Å². The molecule has 17 heavy (non-hydrogen) atoms. The Labute approximate surface area is 109 Å². The largest absolute Gasteiger partial charge is 0.487 e. The fraction of sp³-hybridized carbons (Fsp3) is 0.250. The molecule has 0 saturated carbocycles. The molecule has 0 aliphatic rings. The molecule has 0 radical (unpaired) electrons. The van der Waals surface area contributed by atoms with Gasteiger partial charge in [0.1, 0.15) is 12.4 Å². The number of nitrogens with two attached hydrogens (primary N) is 1. The van der Waals surface area contributed by atoms with E-state index in [0.717, 1.165) is 22.5 Å². The highest BCUT2D eigenvalue weighted by Gasteiger charge is 2.05. The highest BCUT2D eigenvalue weighted by Crippen LogP contribution is 2.18. The first-order valence-corrected chi connectivity index (χ1v) is 6.18. The van der Waals surface area contributed by atoms with E-state index in [-0.39, 0.29) is 0 Å². The van der Waals surface area contributed by atoms with Crippen LogP contribution in [0.3, 0.4) is 0 Å². The highest BCUT2D eigenvalue weighted by molar-refractivity contribution is 9.10. The number of hydrogen-bond acceptors (Lipinski definition) is 3. The van der Waals surface area contributed by atoms with Crippen molar-refractivity contribution < 1.29 is 4.74 Å². The van der Waals surface area contributed by atoms with E-state index in [1.165, 1.54) is 0 Å². The average molecular weight is 296 g/mol. The number of hydrogen-bond donors (Lipinski definition) is 1. The lowest BCUT2D eigenvalue weighted by Gasteiger charge is -2.08. The van der Waals surface area contributed by atoms with Crippen molar-refractivity contribution in [2.24, 2.45) is 0 Å². The summed E-state index contributed by atoms with van der Waals surface area (Å²) >= 11 is 3.38. The number of aromatic nitrogens is 2.